The zero-order valence-corrected chi connectivity index (χ0v) is 12.7. The number of nitrogens with one attached hydrogen (secondary N) is 1. The van der Waals surface area contributed by atoms with Gasteiger partial charge in [-0.05, 0) is 18.2 Å². The number of aromatic nitrogens is 3. The van der Waals surface area contributed by atoms with Gasteiger partial charge in [-0.3, -0.25) is 4.98 Å². The number of esters is 1. The van der Waals surface area contributed by atoms with Crippen LogP contribution in [0, 0.1) is 0 Å². The third kappa shape index (κ3) is 3.08. The largest absolute Gasteiger partial charge is 0.496 e. The van der Waals surface area contributed by atoms with E-state index in [1.54, 1.807) is 31.6 Å². The molecule has 0 spiro atoms. The molecule has 7 heteroatoms. The van der Waals surface area contributed by atoms with Crippen LogP contribution in [-0.2, 0) is 9.53 Å². The molecule has 1 N–H and O–H groups in total. The zero-order chi connectivity index (χ0) is 16.2. The minimum atomic E-state index is -0.446. The molecule has 3 aromatic rings. The fraction of sp³-hybridized carbons (Fsp3) is 0.188. The normalized spacial score (nSPS) is 10.5. The number of rotatable bonds is 5. The molecule has 1 aromatic carbocycles. The summed E-state index contributed by atoms with van der Waals surface area (Å²) in [6.07, 6.45) is 3.40. The van der Waals surface area contributed by atoms with E-state index < -0.39 is 5.97 Å². The van der Waals surface area contributed by atoms with Crippen molar-refractivity contribution >= 4 is 17.0 Å². The third-order valence-electron chi connectivity index (χ3n) is 3.30. The Morgan fingerprint density at radius 3 is 2.87 bits per heavy atom. The average Bonchev–Trinajstić information content (AvgIpc) is 3.03. The fourth-order valence-electron chi connectivity index (χ4n) is 2.14. The summed E-state index contributed by atoms with van der Waals surface area (Å²) >= 11 is 0. The maximum atomic E-state index is 11.1. The number of H-pyrrole nitrogens is 1. The second-order valence-electron chi connectivity index (χ2n) is 4.71. The summed E-state index contributed by atoms with van der Waals surface area (Å²) < 4.78 is 15.3. The van der Waals surface area contributed by atoms with Crippen LogP contribution in [0.5, 0.6) is 11.5 Å². The van der Waals surface area contributed by atoms with E-state index in [0.29, 0.717) is 17.3 Å². The standard InChI is InChI=1S/C16H15N3O4/c1-21-14-7-10(23-9-15(20)22-2)3-4-11(14)16-18-12-5-6-17-8-13(12)19-16/h3-8H,9H2,1-2H3,(H,18,19). The quantitative estimate of drug-likeness (QED) is 0.727. The van der Waals surface area contributed by atoms with E-state index in [1.165, 1.54) is 7.11 Å². The van der Waals surface area contributed by atoms with E-state index in [9.17, 15) is 4.79 Å². The number of imidazole rings is 1. The molecule has 0 saturated heterocycles. The van der Waals surface area contributed by atoms with Gasteiger partial charge in [0.2, 0.25) is 0 Å². The molecule has 23 heavy (non-hydrogen) atoms. The molecule has 0 amide bonds. The van der Waals surface area contributed by atoms with Crippen molar-refractivity contribution in [2.24, 2.45) is 0 Å². The van der Waals surface area contributed by atoms with E-state index in [1.807, 2.05) is 12.1 Å². The highest BCUT2D eigenvalue weighted by atomic mass is 16.6. The number of ether oxygens (including phenoxy) is 3. The number of nitrogens with zero attached hydrogens (tertiary/aromatic N) is 2. The first-order chi connectivity index (χ1) is 11.2. The highest BCUT2D eigenvalue weighted by molar-refractivity contribution is 5.80. The first-order valence-corrected chi connectivity index (χ1v) is 6.89. The minimum absolute atomic E-state index is 0.157. The molecule has 0 aliphatic heterocycles. The van der Waals surface area contributed by atoms with Gasteiger partial charge in [-0.25, -0.2) is 9.78 Å². The summed E-state index contributed by atoms with van der Waals surface area (Å²) in [6, 6.07) is 7.09. The Kier molecular flexibility index (Phi) is 4.09. The maximum Gasteiger partial charge on any atom is 0.343 e. The Bertz CT molecular complexity index is 811. The molecule has 2 heterocycles. The van der Waals surface area contributed by atoms with Gasteiger partial charge < -0.3 is 19.2 Å². The lowest BCUT2D eigenvalue weighted by Crippen LogP contribution is -2.12. The number of hydrogen-bond donors (Lipinski definition) is 1. The van der Waals surface area contributed by atoms with Crippen molar-refractivity contribution in [1.29, 1.82) is 0 Å². The summed E-state index contributed by atoms with van der Waals surface area (Å²) in [5, 5.41) is 0. The Labute approximate surface area is 132 Å². The molecule has 3 rings (SSSR count). The number of fused-ring (bicyclic) bond motifs is 1. The topological polar surface area (TPSA) is 86.3 Å². The van der Waals surface area contributed by atoms with Crippen LogP contribution in [0.3, 0.4) is 0 Å². The number of hydrogen-bond acceptors (Lipinski definition) is 6. The Morgan fingerprint density at radius 2 is 2.13 bits per heavy atom. The molecular formula is C16H15N3O4. The molecule has 0 bridgehead atoms. The average molecular weight is 313 g/mol. The van der Waals surface area contributed by atoms with Crippen molar-refractivity contribution in [3.63, 3.8) is 0 Å². The number of aromatic amines is 1. The molecule has 2 aromatic heterocycles. The van der Waals surface area contributed by atoms with Gasteiger partial charge in [0.25, 0.3) is 0 Å². The van der Waals surface area contributed by atoms with Crippen LogP contribution in [0.1, 0.15) is 0 Å². The van der Waals surface area contributed by atoms with Gasteiger partial charge in [0.1, 0.15) is 17.3 Å². The van der Waals surface area contributed by atoms with Crippen molar-refractivity contribution < 1.29 is 19.0 Å². The molecule has 7 nitrogen and oxygen atoms in total. The Balaban J connectivity index is 1.91. The monoisotopic (exact) mass is 313 g/mol. The number of carbonyl (C=O) groups excluding carboxylic acids is 1. The summed E-state index contributed by atoms with van der Waals surface area (Å²) in [5.74, 6) is 1.32. The van der Waals surface area contributed by atoms with Crippen LogP contribution in [0.25, 0.3) is 22.4 Å². The minimum Gasteiger partial charge on any atom is -0.496 e. The molecule has 0 saturated carbocycles. The lowest BCUT2D eigenvalue weighted by molar-refractivity contribution is -0.142. The highest BCUT2D eigenvalue weighted by Crippen LogP contribution is 2.32. The number of carbonyl (C=O) groups is 1. The first-order valence-electron chi connectivity index (χ1n) is 6.89. The van der Waals surface area contributed by atoms with Crippen molar-refractivity contribution in [2.45, 2.75) is 0 Å². The summed E-state index contributed by atoms with van der Waals surface area (Å²) in [7, 11) is 2.87. The lowest BCUT2D eigenvalue weighted by atomic mass is 10.2. The number of benzene rings is 1. The van der Waals surface area contributed by atoms with Gasteiger partial charge in [0.15, 0.2) is 6.61 Å². The second kappa shape index (κ2) is 6.35. The molecule has 0 radical (unpaired) electrons. The highest BCUT2D eigenvalue weighted by Gasteiger charge is 2.12. The van der Waals surface area contributed by atoms with Gasteiger partial charge in [-0.1, -0.05) is 0 Å². The summed E-state index contributed by atoms with van der Waals surface area (Å²) in [6.45, 7) is -0.157. The van der Waals surface area contributed by atoms with Crippen molar-refractivity contribution in [3.05, 3.63) is 36.7 Å². The van der Waals surface area contributed by atoms with Crippen LogP contribution in [0.4, 0.5) is 0 Å². The Morgan fingerprint density at radius 1 is 1.26 bits per heavy atom. The van der Waals surface area contributed by atoms with Crippen molar-refractivity contribution in [3.8, 4) is 22.9 Å². The van der Waals surface area contributed by atoms with Gasteiger partial charge in [0.05, 0.1) is 37.0 Å². The predicted molar refractivity (Wildman–Crippen MR) is 83.4 cm³/mol. The van der Waals surface area contributed by atoms with Crippen molar-refractivity contribution in [1.82, 2.24) is 15.0 Å². The third-order valence-corrected chi connectivity index (χ3v) is 3.30. The molecule has 0 atom stereocenters. The lowest BCUT2D eigenvalue weighted by Gasteiger charge is -2.10. The second-order valence-corrected chi connectivity index (χ2v) is 4.71. The maximum absolute atomic E-state index is 11.1. The molecule has 118 valence electrons. The van der Waals surface area contributed by atoms with Gasteiger partial charge in [0, 0.05) is 12.3 Å². The Hall–Kier alpha value is -3.09. The van der Waals surface area contributed by atoms with E-state index in [0.717, 1.165) is 16.6 Å². The molecule has 0 fully saturated rings. The first kappa shape index (κ1) is 14.8. The van der Waals surface area contributed by atoms with Gasteiger partial charge in [-0.15, -0.1) is 0 Å². The molecule has 0 aliphatic carbocycles. The van der Waals surface area contributed by atoms with Crippen LogP contribution in [0.2, 0.25) is 0 Å². The summed E-state index contributed by atoms with van der Waals surface area (Å²) in [5.41, 5.74) is 2.45. The smallest absolute Gasteiger partial charge is 0.343 e. The van der Waals surface area contributed by atoms with E-state index >= 15 is 0 Å². The van der Waals surface area contributed by atoms with Gasteiger partial charge in [-0.2, -0.15) is 0 Å². The molecular weight excluding hydrogens is 298 g/mol. The summed E-state index contributed by atoms with van der Waals surface area (Å²) in [4.78, 5) is 22.9. The molecule has 0 aliphatic rings. The fourth-order valence-corrected chi connectivity index (χ4v) is 2.14. The predicted octanol–water partition coefficient (Wildman–Crippen LogP) is 2.19. The molecule has 0 unspecified atom stereocenters. The van der Waals surface area contributed by atoms with Crippen molar-refractivity contribution in [2.75, 3.05) is 20.8 Å². The van der Waals surface area contributed by atoms with Gasteiger partial charge >= 0.3 is 5.97 Å². The van der Waals surface area contributed by atoms with Crippen LogP contribution < -0.4 is 9.47 Å². The number of methoxy groups -OCH3 is 2. The van der Waals surface area contributed by atoms with E-state index in [2.05, 4.69) is 19.7 Å². The SMILES string of the molecule is COC(=O)COc1ccc(-c2nc3ccncc3[nH]2)c(OC)c1. The van der Waals surface area contributed by atoms with Crippen LogP contribution >= 0.6 is 0 Å². The van der Waals surface area contributed by atoms with E-state index in [4.69, 9.17) is 9.47 Å². The van der Waals surface area contributed by atoms with Crippen LogP contribution in [0.15, 0.2) is 36.7 Å². The number of pyridine rings is 1. The zero-order valence-electron chi connectivity index (χ0n) is 12.7. The van der Waals surface area contributed by atoms with Crippen LogP contribution in [-0.4, -0.2) is 41.7 Å². The van der Waals surface area contributed by atoms with E-state index in [-0.39, 0.29) is 6.61 Å².